The van der Waals surface area contributed by atoms with Gasteiger partial charge in [0.1, 0.15) is 5.82 Å². The van der Waals surface area contributed by atoms with E-state index in [9.17, 15) is 8.42 Å². The van der Waals surface area contributed by atoms with Gasteiger partial charge in [0.05, 0.1) is 6.04 Å². The van der Waals surface area contributed by atoms with Gasteiger partial charge in [0.2, 0.25) is 0 Å². The third-order valence-corrected chi connectivity index (χ3v) is 4.91. The molecule has 0 atom stereocenters. The topological polar surface area (TPSA) is 90.0 Å². The van der Waals surface area contributed by atoms with Crippen LogP contribution in [0.3, 0.4) is 0 Å². The lowest BCUT2D eigenvalue weighted by Crippen LogP contribution is -2.11. The summed E-state index contributed by atoms with van der Waals surface area (Å²) in [5.74, 6) is 0.684. The Bertz CT molecular complexity index is 559. The van der Waals surface area contributed by atoms with Crippen molar-refractivity contribution in [2.75, 3.05) is 23.9 Å². The van der Waals surface area contributed by atoms with Gasteiger partial charge in [0.15, 0.2) is 20.6 Å². The second kappa shape index (κ2) is 6.03. The van der Waals surface area contributed by atoms with Crippen LogP contribution < -0.4 is 11.1 Å². The molecule has 6 nitrogen and oxygen atoms in total. The molecule has 1 aromatic rings. The number of nitrogen functional groups attached to an aromatic ring is 1. The fourth-order valence-corrected chi connectivity index (χ4v) is 3.66. The lowest BCUT2D eigenvalue weighted by atomic mass is 10.2. The van der Waals surface area contributed by atoms with Crippen molar-refractivity contribution >= 4 is 21.5 Å². The second-order valence-electron chi connectivity index (χ2n) is 5.50. The van der Waals surface area contributed by atoms with E-state index in [1.807, 2.05) is 0 Å². The van der Waals surface area contributed by atoms with Crippen molar-refractivity contribution in [3.05, 3.63) is 0 Å². The van der Waals surface area contributed by atoms with E-state index in [4.69, 9.17) is 5.73 Å². The van der Waals surface area contributed by atoms with Gasteiger partial charge in [0, 0.05) is 12.8 Å². The fourth-order valence-electron chi connectivity index (χ4n) is 2.72. The Morgan fingerprint density at radius 2 is 2.05 bits per heavy atom. The molecule has 0 bridgehead atoms. The number of hydrogen-bond acceptors (Lipinski definition) is 5. The van der Waals surface area contributed by atoms with Gasteiger partial charge in [-0.15, -0.1) is 0 Å². The van der Waals surface area contributed by atoms with E-state index in [0.717, 1.165) is 38.5 Å². The average molecular weight is 300 g/mol. The summed E-state index contributed by atoms with van der Waals surface area (Å²) in [5, 5.41) is 7.55. The van der Waals surface area contributed by atoms with Gasteiger partial charge in [0.25, 0.3) is 0 Å². The molecule has 0 radical (unpaired) electrons. The Morgan fingerprint density at radius 3 is 2.60 bits per heavy atom. The zero-order chi connectivity index (χ0) is 14.8. The van der Waals surface area contributed by atoms with Gasteiger partial charge < -0.3 is 11.1 Å². The van der Waals surface area contributed by atoms with Crippen molar-refractivity contribution in [1.29, 1.82) is 0 Å². The first-order valence-electron chi connectivity index (χ1n) is 7.27. The molecule has 1 heterocycles. The van der Waals surface area contributed by atoms with Crippen LogP contribution in [0, 0.1) is 0 Å². The maximum atomic E-state index is 12.0. The Morgan fingerprint density at radius 1 is 1.40 bits per heavy atom. The van der Waals surface area contributed by atoms with Gasteiger partial charge in [-0.1, -0.05) is 26.2 Å². The highest BCUT2D eigenvalue weighted by atomic mass is 32.2. The van der Waals surface area contributed by atoms with Crippen molar-refractivity contribution in [1.82, 2.24) is 9.78 Å². The first-order valence-corrected chi connectivity index (χ1v) is 9.16. The van der Waals surface area contributed by atoms with Crippen LogP contribution in [0.25, 0.3) is 0 Å². The molecule has 7 heteroatoms. The summed E-state index contributed by atoms with van der Waals surface area (Å²) in [6, 6.07) is 0.234. The fraction of sp³-hybridized carbons (Fsp3) is 0.769. The van der Waals surface area contributed by atoms with Crippen molar-refractivity contribution in [2.24, 2.45) is 0 Å². The minimum absolute atomic E-state index is 0.153. The standard InChI is InChI=1S/C13H24N4O2S/c1-3-4-9-15-13-11(20(2,18)19)12(14)17(16-13)10-7-5-6-8-10/h10H,3-9,14H2,1-2H3,(H,15,16). The molecule has 114 valence electrons. The molecule has 0 amide bonds. The zero-order valence-corrected chi connectivity index (χ0v) is 13.0. The molecule has 1 aliphatic carbocycles. The summed E-state index contributed by atoms with van der Waals surface area (Å²) in [7, 11) is -3.38. The van der Waals surface area contributed by atoms with Crippen LogP contribution >= 0.6 is 0 Å². The maximum Gasteiger partial charge on any atom is 0.182 e. The molecule has 20 heavy (non-hydrogen) atoms. The first-order chi connectivity index (χ1) is 9.45. The summed E-state index contributed by atoms with van der Waals surface area (Å²) in [4.78, 5) is 0.153. The van der Waals surface area contributed by atoms with Crippen molar-refractivity contribution in [3.63, 3.8) is 0 Å². The Labute approximate surface area is 120 Å². The van der Waals surface area contributed by atoms with Crippen LogP contribution in [0.4, 0.5) is 11.6 Å². The predicted molar refractivity (Wildman–Crippen MR) is 80.7 cm³/mol. The van der Waals surface area contributed by atoms with Crippen molar-refractivity contribution in [2.45, 2.75) is 56.4 Å². The molecule has 1 saturated carbocycles. The molecular formula is C13H24N4O2S. The number of nitrogens with zero attached hydrogens (tertiary/aromatic N) is 2. The number of nitrogens with two attached hydrogens (primary N) is 1. The minimum Gasteiger partial charge on any atom is -0.383 e. The van der Waals surface area contributed by atoms with E-state index in [1.165, 1.54) is 6.26 Å². The number of unbranched alkanes of at least 4 members (excludes halogenated alkanes) is 1. The molecule has 0 aromatic carbocycles. The molecule has 0 spiro atoms. The summed E-state index contributed by atoms with van der Waals surface area (Å²) in [5.41, 5.74) is 6.06. The van der Waals surface area contributed by atoms with Gasteiger partial charge in [-0.3, -0.25) is 0 Å². The zero-order valence-electron chi connectivity index (χ0n) is 12.2. The highest BCUT2D eigenvalue weighted by Crippen LogP contribution is 2.35. The molecule has 0 aliphatic heterocycles. The second-order valence-corrected chi connectivity index (χ2v) is 7.45. The molecule has 2 rings (SSSR count). The minimum atomic E-state index is -3.38. The van der Waals surface area contributed by atoms with Crippen LogP contribution in [0.15, 0.2) is 4.90 Å². The number of nitrogens with one attached hydrogen (secondary N) is 1. The van der Waals surface area contributed by atoms with E-state index in [1.54, 1.807) is 4.68 Å². The van der Waals surface area contributed by atoms with Crippen LogP contribution in [0.5, 0.6) is 0 Å². The van der Waals surface area contributed by atoms with Crippen LogP contribution in [-0.2, 0) is 9.84 Å². The lowest BCUT2D eigenvalue weighted by Gasteiger charge is -2.11. The highest BCUT2D eigenvalue weighted by Gasteiger charge is 2.28. The molecule has 1 aliphatic rings. The predicted octanol–water partition coefficient (Wildman–Crippen LogP) is 2.20. The van der Waals surface area contributed by atoms with Gasteiger partial charge >= 0.3 is 0 Å². The molecule has 3 N–H and O–H groups in total. The summed E-state index contributed by atoms with van der Waals surface area (Å²) in [6.07, 6.45) is 7.53. The van der Waals surface area contributed by atoms with Gasteiger partial charge in [-0.2, -0.15) is 5.10 Å². The van der Waals surface area contributed by atoms with Gasteiger partial charge in [-0.05, 0) is 19.3 Å². The number of anilines is 2. The van der Waals surface area contributed by atoms with E-state index in [-0.39, 0.29) is 16.8 Å². The summed E-state index contributed by atoms with van der Waals surface area (Å²) >= 11 is 0. The number of rotatable bonds is 6. The van der Waals surface area contributed by atoms with Crippen LogP contribution in [0.2, 0.25) is 0 Å². The molecule has 1 aromatic heterocycles. The third-order valence-electron chi connectivity index (χ3n) is 3.77. The van der Waals surface area contributed by atoms with Crippen LogP contribution in [-0.4, -0.2) is 31.0 Å². The number of sulfone groups is 1. The van der Waals surface area contributed by atoms with E-state index in [2.05, 4.69) is 17.3 Å². The molecular weight excluding hydrogens is 276 g/mol. The molecule has 0 unspecified atom stereocenters. The van der Waals surface area contributed by atoms with Crippen molar-refractivity contribution in [3.8, 4) is 0 Å². The normalized spacial score (nSPS) is 16.7. The highest BCUT2D eigenvalue weighted by molar-refractivity contribution is 7.91. The number of aromatic nitrogens is 2. The van der Waals surface area contributed by atoms with Crippen molar-refractivity contribution < 1.29 is 8.42 Å². The Balaban J connectivity index is 2.35. The van der Waals surface area contributed by atoms with E-state index >= 15 is 0 Å². The van der Waals surface area contributed by atoms with E-state index < -0.39 is 9.84 Å². The largest absolute Gasteiger partial charge is 0.383 e. The summed E-state index contributed by atoms with van der Waals surface area (Å²) < 4.78 is 25.6. The van der Waals surface area contributed by atoms with E-state index in [0.29, 0.717) is 12.4 Å². The lowest BCUT2D eigenvalue weighted by molar-refractivity contribution is 0.474. The quantitative estimate of drug-likeness (QED) is 0.786. The third kappa shape index (κ3) is 3.08. The first kappa shape index (κ1) is 15.2. The average Bonchev–Trinajstić information content (AvgIpc) is 2.96. The Hall–Kier alpha value is -1.24. The number of hydrogen-bond donors (Lipinski definition) is 2. The monoisotopic (exact) mass is 300 g/mol. The SMILES string of the molecule is CCCCNc1nn(C2CCCC2)c(N)c1S(C)(=O)=O. The maximum absolute atomic E-state index is 12.0. The molecule has 1 fully saturated rings. The van der Waals surface area contributed by atoms with Crippen LogP contribution in [0.1, 0.15) is 51.5 Å². The smallest absolute Gasteiger partial charge is 0.182 e. The van der Waals surface area contributed by atoms with Gasteiger partial charge in [-0.25, -0.2) is 13.1 Å². The summed E-state index contributed by atoms with van der Waals surface area (Å²) in [6.45, 7) is 2.80. The Kier molecular flexibility index (Phi) is 4.57. The molecule has 0 saturated heterocycles.